The Kier molecular flexibility index (Phi) is 4.40. The van der Waals surface area contributed by atoms with E-state index >= 15 is 0 Å². The topological polar surface area (TPSA) is 51.2 Å². The van der Waals surface area contributed by atoms with E-state index in [1.807, 2.05) is 18.2 Å². The second-order valence-electron chi connectivity index (χ2n) is 8.36. The number of nitrogens with one attached hydrogen (secondary N) is 1. The number of carbonyl (C=O) groups is 1. The Morgan fingerprint density at radius 2 is 2.32 bits per heavy atom. The van der Waals surface area contributed by atoms with Crippen LogP contribution in [0, 0.1) is 23.2 Å². The third-order valence-corrected chi connectivity index (χ3v) is 6.72. The molecule has 1 N–H and O–H groups in total. The van der Waals surface area contributed by atoms with Crippen LogP contribution in [0.2, 0.25) is 0 Å². The lowest BCUT2D eigenvalue weighted by Crippen LogP contribution is -2.45. The molecule has 2 saturated carbocycles. The second kappa shape index (κ2) is 6.56. The summed E-state index contributed by atoms with van der Waals surface area (Å²) < 4.78 is 5.81. The van der Waals surface area contributed by atoms with Crippen molar-refractivity contribution in [3.05, 3.63) is 42.2 Å². The first-order valence-electron chi connectivity index (χ1n) is 9.55. The number of carbonyl (C=O) groups excluding carboxylic acids is 1. The van der Waals surface area contributed by atoms with Crippen molar-refractivity contribution < 1.29 is 9.53 Å². The lowest BCUT2D eigenvalue weighted by molar-refractivity contribution is -0.146. The molecule has 3 fully saturated rings. The minimum atomic E-state index is -0.0343. The van der Waals surface area contributed by atoms with Crippen molar-refractivity contribution in [2.75, 3.05) is 6.54 Å². The van der Waals surface area contributed by atoms with Crippen molar-refractivity contribution in [3.63, 3.8) is 0 Å². The first kappa shape index (κ1) is 16.8. The summed E-state index contributed by atoms with van der Waals surface area (Å²) in [4.78, 5) is 16.8. The number of nitrogens with zero attached hydrogens (tertiary/aromatic N) is 1. The summed E-state index contributed by atoms with van der Waals surface area (Å²) in [5.41, 5.74) is 2.67. The van der Waals surface area contributed by atoms with Gasteiger partial charge in [0, 0.05) is 25.2 Å². The standard InChI is InChI=1S/C21H28N2O2/c1-14-6-5-8-21(2)11-19-16(10-18(14)21)17(20(24)25-19)13-22-12-15-7-3-4-9-23-15/h3-4,7,9,16-19,22H,1,5-6,8,10-13H2,2H3/t16-,17-,18-,19+,21+/m0/s1. The molecule has 134 valence electrons. The van der Waals surface area contributed by atoms with Gasteiger partial charge in [0.05, 0.1) is 11.6 Å². The van der Waals surface area contributed by atoms with Crippen molar-refractivity contribution in [1.29, 1.82) is 0 Å². The maximum absolute atomic E-state index is 12.5. The van der Waals surface area contributed by atoms with Gasteiger partial charge in [-0.05, 0) is 55.6 Å². The molecule has 4 rings (SSSR count). The molecule has 5 atom stereocenters. The lowest BCUT2D eigenvalue weighted by Gasteiger charge is -2.50. The van der Waals surface area contributed by atoms with Gasteiger partial charge in [0.15, 0.2) is 0 Å². The first-order valence-corrected chi connectivity index (χ1v) is 9.55. The maximum atomic E-state index is 12.5. The average Bonchev–Trinajstić information content (AvgIpc) is 2.88. The normalized spacial score (nSPS) is 37.3. The van der Waals surface area contributed by atoms with Crippen LogP contribution in [0.4, 0.5) is 0 Å². The molecule has 0 amide bonds. The molecule has 1 aromatic heterocycles. The molecule has 0 spiro atoms. The van der Waals surface area contributed by atoms with Crippen LogP contribution >= 0.6 is 0 Å². The van der Waals surface area contributed by atoms with E-state index in [0.717, 1.165) is 25.0 Å². The van der Waals surface area contributed by atoms with Gasteiger partial charge in [-0.15, -0.1) is 0 Å². The van der Waals surface area contributed by atoms with Crippen LogP contribution in [0.15, 0.2) is 36.5 Å². The van der Waals surface area contributed by atoms with Crippen LogP contribution in [-0.4, -0.2) is 23.6 Å². The minimum absolute atomic E-state index is 0.0172. The predicted molar refractivity (Wildman–Crippen MR) is 96.6 cm³/mol. The number of aromatic nitrogens is 1. The maximum Gasteiger partial charge on any atom is 0.310 e. The highest BCUT2D eigenvalue weighted by Crippen LogP contribution is 2.56. The molecule has 4 nitrogen and oxygen atoms in total. The number of hydrogen-bond donors (Lipinski definition) is 1. The number of hydrogen-bond acceptors (Lipinski definition) is 4. The predicted octanol–water partition coefficient (Wildman–Crippen LogP) is 3.49. The Morgan fingerprint density at radius 3 is 3.12 bits per heavy atom. The van der Waals surface area contributed by atoms with Gasteiger partial charge in [0.2, 0.25) is 0 Å². The zero-order chi connectivity index (χ0) is 17.4. The van der Waals surface area contributed by atoms with Gasteiger partial charge in [-0.3, -0.25) is 9.78 Å². The molecule has 1 saturated heterocycles. The molecule has 0 unspecified atom stereocenters. The number of fused-ring (bicyclic) bond motifs is 2. The Morgan fingerprint density at radius 1 is 1.44 bits per heavy atom. The van der Waals surface area contributed by atoms with Gasteiger partial charge >= 0.3 is 5.97 Å². The summed E-state index contributed by atoms with van der Waals surface area (Å²) in [7, 11) is 0. The van der Waals surface area contributed by atoms with Crippen LogP contribution in [0.3, 0.4) is 0 Å². The van der Waals surface area contributed by atoms with E-state index in [4.69, 9.17) is 4.74 Å². The fourth-order valence-electron chi connectivity index (χ4n) is 5.35. The highest BCUT2D eigenvalue weighted by atomic mass is 16.6. The summed E-state index contributed by atoms with van der Waals surface area (Å²) in [5, 5.41) is 3.41. The molecule has 1 aliphatic heterocycles. The number of rotatable bonds is 4. The van der Waals surface area contributed by atoms with E-state index < -0.39 is 0 Å². The largest absolute Gasteiger partial charge is 0.462 e. The van der Waals surface area contributed by atoms with Gasteiger partial charge in [-0.1, -0.05) is 25.1 Å². The fraction of sp³-hybridized carbons (Fsp3) is 0.619. The fourth-order valence-corrected chi connectivity index (χ4v) is 5.35. The minimum Gasteiger partial charge on any atom is -0.462 e. The molecule has 4 heteroatoms. The molecule has 3 aliphatic rings. The van der Waals surface area contributed by atoms with Gasteiger partial charge in [0.25, 0.3) is 0 Å². The van der Waals surface area contributed by atoms with Crippen LogP contribution in [0.1, 0.15) is 44.7 Å². The van der Waals surface area contributed by atoms with Crippen LogP contribution in [0.5, 0.6) is 0 Å². The van der Waals surface area contributed by atoms with Gasteiger partial charge in [-0.2, -0.15) is 0 Å². The van der Waals surface area contributed by atoms with E-state index in [9.17, 15) is 4.79 Å². The quantitative estimate of drug-likeness (QED) is 0.673. The zero-order valence-electron chi connectivity index (χ0n) is 15.0. The number of pyridine rings is 1. The van der Waals surface area contributed by atoms with Crippen LogP contribution in [0.25, 0.3) is 0 Å². The lowest BCUT2D eigenvalue weighted by atomic mass is 9.55. The zero-order valence-corrected chi connectivity index (χ0v) is 15.0. The van der Waals surface area contributed by atoms with E-state index in [1.165, 1.54) is 18.4 Å². The van der Waals surface area contributed by atoms with Crippen molar-refractivity contribution in [1.82, 2.24) is 10.3 Å². The first-order chi connectivity index (χ1) is 12.1. The SMILES string of the molecule is C=C1CCC[C@]2(C)C[C@H]3OC(=O)[C@@H](CNCc4ccccn4)[C@@H]3C[C@@H]12. The summed E-state index contributed by atoms with van der Waals surface area (Å²) in [6, 6.07) is 5.90. The van der Waals surface area contributed by atoms with E-state index in [2.05, 4.69) is 23.8 Å². The second-order valence-corrected chi connectivity index (χ2v) is 8.36. The number of allylic oxidation sites excluding steroid dienone is 1. The van der Waals surface area contributed by atoms with E-state index in [-0.39, 0.29) is 23.4 Å². The molecular weight excluding hydrogens is 312 g/mol. The summed E-state index contributed by atoms with van der Waals surface area (Å²) in [6.07, 6.45) is 7.57. The molecule has 0 radical (unpaired) electrons. The summed E-state index contributed by atoms with van der Waals surface area (Å²) >= 11 is 0. The van der Waals surface area contributed by atoms with E-state index in [0.29, 0.717) is 24.9 Å². The Labute approximate surface area is 150 Å². The molecule has 0 bridgehead atoms. The molecular formula is C21H28N2O2. The van der Waals surface area contributed by atoms with Gasteiger partial charge in [0.1, 0.15) is 6.10 Å². The summed E-state index contributed by atoms with van der Waals surface area (Å²) in [5.74, 6) is 0.830. The Hall–Kier alpha value is -1.68. The smallest absolute Gasteiger partial charge is 0.310 e. The Balaban J connectivity index is 1.42. The van der Waals surface area contributed by atoms with Crippen molar-refractivity contribution in [3.8, 4) is 0 Å². The Bertz CT molecular complexity index is 659. The molecule has 1 aromatic rings. The van der Waals surface area contributed by atoms with Crippen molar-refractivity contribution in [2.45, 2.75) is 51.7 Å². The number of esters is 1. The highest BCUT2D eigenvalue weighted by Gasteiger charge is 2.54. The molecule has 2 heterocycles. The van der Waals surface area contributed by atoms with Crippen molar-refractivity contribution >= 4 is 5.97 Å². The van der Waals surface area contributed by atoms with E-state index in [1.54, 1.807) is 6.20 Å². The molecule has 0 aromatic carbocycles. The summed E-state index contributed by atoms with van der Waals surface area (Å²) in [6.45, 7) is 8.09. The van der Waals surface area contributed by atoms with Crippen LogP contribution < -0.4 is 5.32 Å². The van der Waals surface area contributed by atoms with Crippen LogP contribution in [-0.2, 0) is 16.1 Å². The van der Waals surface area contributed by atoms with Gasteiger partial charge < -0.3 is 10.1 Å². The van der Waals surface area contributed by atoms with Crippen molar-refractivity contribution in [2.24, 2.45) is 23.2 Å². The third-order valence-electron chi connectivity index (χ3n) is 6.72. The highest BCUT2D eigenvalue weighted by molar-refractivity contribution is 5.75. The third kappa shape index (κ3) is 3.12. The molecule has 2 aliphatic carbocycles. The monoisotopic (exact) mass is 340 g/mol. The molecule has 25 heavy (non-hydrogen) atoms. The average molecular weight is 340 g/mol. The number of ether oxygens (including phenoxy) is 1. The van der Waals surface area contributed by atoms with Gasteiger partial charge in [-0.25, -0.2) is 0 Å².